The van der Waals surface area contributed by atoms with E-state index in [1.165, 1.54) is 5.56 Å². The molecule has 0 aromatic carbocycles. The van der Waals surface area contributed by atoms with Crippen LogP contribution in [0.1, 0.15) is 49.2 Å². The molecule has 30 heavy (non-hydrogen) atoms. The Bertz CT molecular complexity index is 1040. The molecule has 0 saturated carbocycles. The predicted molar refractivity (Wildman–Crippen MR) is 111 cm³/mol. The van der Waals surface area contributed by atoms with Crippen LogP contribution < -0.4 is 4.90 Å². The van der Waals surface area contributed by atoms with Crippen molar-refractivity contribution in [1.82, 2.24) is 25.1 Å². The fraction of sp³-hybridized carbons (Fsp3) is 0.500. The Morgan fingerprint density at radius 2 is 2.13 bits per heavy atom. The minimum absolute atomic E-state index is 0.360. The Kier molecular flexibility index (Phi) is 4.94. The van der Waals surface area contributed by atoms with Gasteiger partial charge in [-0.15, -0.1) is 0 Å². The maximum Gasteiger partial charge on any atom is 0.229 e. The quantitative estimate of drug-likeness (QED) is 0.690. The largest absolute Gasteiger partial charge is 0.388 e. The molecule has 4 heterocycles. The molecule has 1 unspecified atom stereocenters. The Balaban J connectivity index is 1.45. The second kappa shape index (κ2) is 7.75. The average molecular weight is 406 g/mol. The highest BCUT2D eigenvalue weighted by atomic mass is 16.5. The first-order valence-corrected chi connectivity index (χ1v) is 10.7. The van der Waals surface area contributed by atoms with E-state index in [1.807, 2.05) is 19.1 Å². The number of β-amino-alcohol motifs (C(OH)–C–C–N with tert-alkyl or cyclic N) is 1. The zero-order valence-corrected chi connectivity index (χ0v) is 17.2. The molecule has 1 atom stereocenters. The normalized spacial score (nSPS) is 21.1. The summed E-state index contributed by atoms with van der Waals surface area (Å²) in [6.07, 6.45) is 9.26. The summed E-state index contributed by atoms with van der Waals surface area (Å²) in [5.74, 6) is 2.84. The van der Waals surface area contributed by atoms with Gasteiger partial charge in [-0.1, -0.05) is 12.1 Å². The van der Waals surface area contributed by atoms with Gasteiger partial charge in [0.25, 0.3) is 0 Å². The summed E-state index contributed by atoms with van der Waals surface area (Å²) in [6, 6.07) is 3.89. The standard InChI is InChI=1S/C22H26N6O2/c1-2-18-25-19(30-27-18)12-22(29)9-5-11-28(14-22)21-16-7-3-8-17(16)24-20(26-21)15-6-4-10-23-13-15/h4,6,10,13,29H,2-3,5,7-9,11-12,14H2,1H3. The van der Waals surface area contributed by atoms with Crippen LogP contribution >= 0.6 is 0 Å². The van der Waals surface area contributed by atoms with Gasteiger partial charge < -0.3 is 14.5 Å². The molecule has 5 rings (SSSR count). The summed E-state index contributed by atoms with van der Waals surface area (Å²) < 4.78 is 5.34. The molecule has 1 aliphatic heterocycles. The molecule has 156 valence electrons. The first kappa shape index (κ1) is 19.1. The monoisotopic (exact) mass is 406 g/mol. The number of aliphatic hydroxyl groups is 1. The van der Waals surface area contributed by atoms with Gasteiger partial charge in [0.2, 0.25) is 5.89 Å². The van der Waals surface area contributed by atoms with Gasteiger partial charge in [0, 0.05) is 48.7 Å². The van der Waals surface area contributed by atoms with Crippen molar-refractivity contribution in [3.05, 3.63) is 47.5 Å². The molecule has 1 fully saturated rings. The number of aromatic nitrogens is 5. The molecule has 3 aromatic rings. The Morgan fingerprint density at radius 1 is 1.20 bits per heavy atom. The van der Waals surface area contributed by atoms with E-state index in [2.05, 4.69) is 20.0 Å². The Labute approximate surface area is 175 Å². The zero-order chi connectivity index (χ0) is 20.6. The van der Waals surface area contributed by atoms with Crippen LogP contribution in [0.25, 0.3) is 11.4 Å². The van der Waals surface area contributed by atoms with Crippen LogP contribution in [0.15, 0.2) is 29.0 Å². The van der Waals surface area contributed by atoms with Gasteiger partial charge in [0.05, 0.1) is 12.0 Å². The molecule has 0 spiro atoms. The van der Waals surface area contributed by atoms with Gasteiger partial charge in [-0.25, -0.2) is 9.97 Å². The minimum Gasteiger partial charge on any atom is -0.388 e. The minimum atomic E-state index is -0.916. The van der Waals surface area contributed by atoms with E-state index in [4.69, 9.17) is 14.5 Å². The Hall–Kier alpha value is -2.87. The van der Waals surface area contributed by atoms with E-state index in [0.29, 0.717) is 36.9 Å². The van der Waals surface area contributed by atoms with Crippen molar-refractivity contribution < 1.29 is 9.63 Å². The first-order valence-electron chi connectivity index (χ1n) is 10.7. The van der Waals surface area contributed by atoms with Crippen LogP contribution in [0.3, 0.4) is 0 Å². The predicted octanol–water partition coefficient (Wildman–Crippen LogP) is 2.55. The summed E-state index contributed by atoms with van der Waals surface area (Å²) in [5, 5.41) is 15.3. The molecule has 8 heteroatoms. The highest BCUT2D eigenvalue weighted by Crippen LogP contribution is 2.35. The van der Waals surface area contributed by atoms with Crippen LogP contribution in [0.2, 0.25) is 0 Å². The third-order valence-corrected chi connectivity index (χ3v) is 5.99. The van der Waals surface area contributed by atoms with Gasteiger partial charge >= 0.3 is 0 Å². The van der Waals surface area contributed by atoms with Crippen molar-refractivity contribution in [2.75, 3.05) is 18.0 Å². The fourth-order valence-electron chi connectivity index (χ4n) is 4.52. The molecule has 0 amide bonds. The molecule has 1 N–H and O–H groups in total. The van der Waals surface area contributed by atoms with E-state index in [9.17, 15) is 5.11 Å². The molecule has 0 radical (unpaired) electrons. The molecule has 8 nitrogen and oxygen atoms in total. The van der Waals surface area contributed by atoms with Crippen molar-refractivity contribution in [3.63, 3.8) is 0 Å². The number of rotatable bonds is 5. The van der Waals surface area contributed by atoms with Crippen LogP contribution in [-0.2, 0) is 25.7 Å². The number of fused-ring (bicyclic) bond motifs is 1. The zero-order valence-electron chi connectivity index (χ0n) is 17.2. The highest BCUT2D eigenvalue weighted by molar-refractivity contribution is 5.61. The number of piperidine rings is 1. The van der Waals surface area contributed by atoms with E-state index in [1.54, 1.807) is 12.4 Å². The molecular weight excluding hydrogens is 380 g/mol. The lowest BCUT2D eigenvalue weighted by Crippen LogP contribution is -2.50. The van der Waals surface area contributed by atoms with Crippen molar-refractivity contribution in [3.8, 4) is 11.4 Å². The van der Waals surface area contributed by atoms with Crippen molar-refractivity contribution in [2.24, 2.45) is 0 Å². The van der Waals surface area contributed by atoms with Gasteiger partial charge in [0.15, 0.2) is 11.6 Å². The number of nitrogens with zero attached hydrogens (tertiary/aromatic N) is 6. The lowest BCUT2D eigenvalue weighted by Gasteiger charge is -2.40. The molecule has 1 aliphatic carbocycles. The lowest BCUT2D eigenvalue weighted by atomic mass is 9.89. The van der Waals surface area contributed by atoms with E-state index < -0.39 is 5.60 Å². The van der Waals surface area contributed by atoms with Crippen molar-refractivity contribution >= 4 is 5.82 Å². The molecule has 1 saturated heterocycles. The summed E-state index contributed by atoms with van der Waals surface area (Å²) in [6.45, 7) is 3.34. The number of hydrogen-bond acceptors (Lipinski definition) is 8. The van der Waals surface area contributed by atoms with Crippen LogP contribution in [0, 0.1) is 0 Å². The lowest BCUT2D eigenvalue weighted by molar-refractivity contribution is 0.0191. The maximum absolute atomic E-state index is 11.4. The molecule has 3 aromatic heterocycles. The highest BCUT2D eigenvalue weighted by Gasteiger charge is 2.37. The van der Waals surface area contributed by atoms with E-state index in [-0.39, 0.29) is 0 Å². The van der Waals surface area contributed by atoms with Crippen LogP contribution in [-0.4, -0.2) is 48.9 Å². The van der Waals surface area contributed by atoms with Crippen molar-refractivity contribution in [1.29, 1.82) is 0 Å². The molecular formula is C22H26N6O2. The summed E-state index contributed by atoms with van der Waals surface area (Å²) in [4.78, 5) is 20.6. The first-order chi connectivity index (χ1) is 14.6. The van der Waals surface area contributed by atoms with Crippen LogP contribution in [0.4, 0.5) is 5.82 Å². The summed E-state index contributed by atoms with van der Waals surface area (Å²) >= 11 is 0. The number of hydrogen-bond donors (Lipinski definition) is 1. The fourth-order valence-corrected chi connectivity index (χ4v) is 4.52. The van der Waals surface area contributed by atoms with Crippen molar-refractivity contribution in [2.45, 2.75) is 57.5 Å². The van der Waals surface area contributed by atoms with Gasteiger partial charge in [-0.3, -0.25) is 4.98 Å². The Morgan fingerprint density at radius 3 is 2.93 bits per heavy atom. The third-order valence-electron chi connectivity index (χ3n) is 5.99. The maximum atomic E-state index is 11.4. The SMILES string of the molecule is CCc1noc(CC2(O)CCCN(c3nc(-c4cccnc4)nc4c3CCC4)C2)n1. The van der Waals surface area contributed by atoms with Crippen LogP contribution in [0.5, 0.6) is 0 Å². The number of aryl methyl sites for hydroxylation is 2. The number of pyridine rings is 1. The topological polar surface area (TPSA) is 101 Å². The smallest absolute Gasteiger partial charge is 0.229 e. The molecule has 2 aliphatic rings. The van der Waals surface area contributed by atoms with Gasteiger partial charge in [-0.2, -0.15) is 4.98 Å². The molecule has 0 bridgehead atoms. The number of anilines is 1. The van der Waals surface area contributed by atoms with Gasteiger partial charge in [0.1, 0.15) is 5.82 Å². The second-order valence-corrected chi connectivity index (χ2v) is 8.28. The van der Waals surface area contributed by atoms with E-state index in [0.717, 1.165) is 55.7 Å². The third kappa shape index (κ3) is 3.67. The van der Waals surface area contributed by atoms with E-state index >= 15 is 0 Å². The summed E-state index contributed by atoms with van der Waals surface area (Å²) in [5.41, 5.74) is 2.34. The second-order valence-electron chi connectivity index (χ2n) is 8.28. The summed E-state index contributed by atoms with van der Waals surface area (Å²) in [7, 11) is 0. The average Bonchev–Trinajstić information content (AvgIpc) is 3.42. The van der Waals surface area contributed by atoms with Gasteiger partial charge in [-0.05, 0) is 44.2 Å².